The largest absolute Gasteiger partial charge is 0.392 e. The Morgan fingerprint density at radius 3 is 2.64 bits per heavy atom. The highest BCUT2D eigenvalue weighted by molar-refractivity contribution is 5.83. The van der Waals surface area contributed by atoms with E-state index in [0.717, 1.165) is 19.5 Å². The van der Waals surface area contributed by atoms with Gasteiger partial charge in [0.15, 0.2) is 0 Å². The van der Waals surface area contributed by atoms with Crippen LogP contribution >= 0.6 is 0 Å². The number of carbonyl (C=O) groups excluding carboxylic acids is 1. The average Bonchev–Trinajstić information content (AvgIpc) is 3.27. The number of hydrogen-bond acceptors (Lipinski definition) is 3. The molecular weight excluding hydrogens is 283 g/mol. The van der Waals surface area contributed by atoms with Gasteiger partial charge < -0.3 is 10.0 Å². The van der Waals surface area contributed by atoms with Crippen LogP contribution in [-0.2, 0) is 4.79 Å². The van der Waals surface area contributed by atoms with E-state index in [1.54, 1.807) is 19.1 Å². The SMILES string of the molecule is CC(O)CN1CCN(C(=O)C2CC2c2ccccc2F)CC1. The van der Waals surface area contributed by atoms with Gasteiger partial charge in [-0.05, 0) is 30.9 Å². The number of halogens is 1. The van der Waals surface area contributed by atoms with E-state index in [1.807, 2.05) is 11.0 Å². The molecule has 1 N–H and O–H groups in total. The van der Waals surface area contributed by atoms with Crippen LogP contribution in [0, 0.1) is 11.7 Å². The predicted octanol–water partition coefficient (Wildman–Crippen LogP) is 1.45. The van der Waals surface area contributed by atoms with E-state index in [0.29, 0.717) is 25.2 Å². The number of rotatable bonds is 4. The highest BCUT2D eigenvalue weighted by atomic mass is 19.1. The lowest BCUT2D eigenvalue weighted by atomic mass is 10.1. The van der Waals surface area contributed by atoms with Gasteiger partial charge in [-0.2, -0.15) is 0 Å². The van der Waals surface area contributed by atoms with Crippen LogP contribution in [0.2, 0.25) is 0 Å². The molecule has 1 amide bonds. The lowest BCUT2D eigenvalue weighted by Gasteiger charge is -2.35. The Labute approximate surface area is 130 Å². The van der Waals surface area contributed by atoms with Crippen molar-refractivity contribution in [3.8, 4) is 0 Å². The summed E-state index contributed by atoms with van der Waals surface area (Å²) in [5.41, 5.74) is 0.675. The number of piperazine rings is 1. The zero-order chi connectivity index (χ0) is 15.7. The minimum absolute atomic E-state index is 0.0455. The maximum atomic E-state index is 13.8. The van der Waals surface area contributed by atoms with Gasteiger partial charge in [-0.25, -0.2) is 4.39 Å². The van der Waals surface area contributed by atoms with E-state index < -0.39 is 0 Å². The molecule has 22 heavy (non-hydrogen) atoms. The highest BCUT2D eigenvalue weighted by Crippen LogP contribution is 2.49. The number of benzene rings is 1. The molecule has 1 aliphatic heterocycles. The van der Waals surface area contributed by atoms with E-state index in [1.165, 1.54) is 6.07 Å². The first-order chi connectivity index (χ1) is 10.6. The Kier molecular flexibility index (Phi) is 4.45. The Balaban J connectivity index is 1.53. The second kappa shape index (κ2) is 6.34. The molecule has 1 aliphatic carbocycles. The number of β-amino-alcohol motifs (C(OH)–C–C–N with tert-alkyl or cyclic N) is 1. The van der Waals surface area contributed by atoms with Gasteiger partial charge in [-0.1, -0.05) is 18.2 Å². The van der Waals surface area contributed by atoms with E-state index in [2.05, 4.69) is 4.90 Å². The topological polar surface area (TPSA) is 43.8 Å². The third kappa shape index (κ3) is 3.31. The van der Waals surface area contributed by atoms with Crippen molar-refractivity contribution in [3.05, 3.63) is 35.6 Å². The fourth-order valence-electron chi connectivity index (χ4n) is 3.35. The standard InChI is InChI=1S/C17H23FN2O2/c1-12(21)11-19-6-8-20(9-7-19)17(22)15-10-14(15)13-4-2-3-5-16(13)18/h2-5,12,14-15,21H,6-11H2,1H3. The molecule has 0 bridgehead atoms. The summed E-state index contributed by atoms with van der Waals surface area (Å²) in [6.07, 6.45) is 0.421. The summed E-state index contributed by atoms with van der Waals surface area (Å²) in [7, 11) is 0. The predicted molar refractivity (Wildman–Crippen MR) is 81.9 cm³/mol. The van der Waals surface area contributed by atoms with E-state index in [4.69, 9.17) is 0 Å². The Morgan fingerprint density at radius 1 is 1.32 bits per heavy atom. The maximum Gasteiger partial charge on any atom is 0.226 e. The normalized spacial score (nSPS) is 26.8. The molecule has 1 heterocycles. The zero-order valence-electron chi connectivity index (χ0n) is 12.9. The third-order valence-electron chi connectivity index (χ3n) is 4.62. The van der Waals surface area contributed by atoms with E-state index >= 15 is 0 Å². The second-order valence-electron chi connectivity index (χ2n) is 6.45. The van der Waals surface area contributed by atoms with E-state index in [9.17, 15) is 14.3 Å². The van der Waals surface area contributed by atoms with Crippen molar-refractivity contribution in [2.45, 2.75) is 25.4 Å². The van der Waals surface area contributed by atoms with Crippen molar-refractivity contribution < 1.29 is 14.3 Å². The van der Waals surface area contributed by atoms with Gasteiger partial charge in [0, 0.05) is 38.6 Å². The first-order valence-corrected chi connectivity index (χ1v) is 8.00. The van der Waals surface area contributed by atoms with Gasteiger partial charge in [0.2, 0.25) is 5.91 Å². The van der Waals surface area contributed by atoms with Crippen LogP contribution in [0.15, 0.2) is 24.3 Å². The fourth-order valence-corrected chi connectivity index (χ4v) is 3.35. The molecule has 1 saturated heterocycles. The molecule has 2 aliphatic rings. The quantitative estimate of drug-likeness (QED) is 0.916. The molecule has 3 unspecified atom stereocenters. The summed E-state index contributed by atoms with van der Waals surface area (Å²) in [6.45, 7) is 5.43. The Bertz CT molecular complexity index is 541. The second-order valence-corrected chi connectivity index (χ2v) is 6.45. The molecule has 2 fully saturated rings. The Morgan fingerprint density at radius 2 is 2.00 bits per heavy atom. The molecule has 0 spiro atoms. The first-order valence-electron chi connectivity index (χ1n) is 8.00. The number of hydrogen-bond donors (Lipinski definition) is 1. The van der Waals surface area contributed by atoms with Crippen LogP contribution in [0.4, 0.5) is 4.39 Å². The molecule has 4 nitrogen and oxygen atoms in total. The van der Waals surface area contributed by atoms with Crippen LogP contribution in [0.5, 0.6) is 0 Å². The van der Waals surface area contributed by atoms with Crippen molar-refractivity contribution in [1.82, 2.24) is 9.80 Å². The Hall–Kier alpha value is -1.46. The molecule has 3 atom stereocenters. The molecule has 0 radical (unpaired) electrons. The average molecular weight is 306 g/mol. The summed E-state index contributed by atoms with van der Waals surface area (Å²) in [5.74, 6) is -0.0566. The van der Waals surface area contributed by atoms with Gasteiger partial charge in [-0.3, -0.25) is 9.69 Å². The van der Waals surface area contributed by atoms with Crippen molar-refractivity contribution in [2.75, 3.05) is 32.7 Å². The molecule has 1 aromatic carbocycles. The van der Waals surface area contributed by atoms with Gasteiger partial charge in [0.1, 0.15) is 5.82 Å². The van der Waals surface area contributed by atoms with Crippen molar-refractivity contribution in [2.24, 2.45) is 5.92 Å². The molecule has 1 aromatic rings. The number of carbonyl (C=O) groups is 1. The number of aliphatic hydroxyl groups excluding tert-OH is 1. The minimum atomic E-state index is -0.337. The van der Waals surface area contributed by atoms with Crippen molar-refractivity contribution >= 4 is 5.91 Å². The van der Waals surface area contributed by atoms with Crippen LogP contribution in [-0.4, -0.2) is 59.6 Å². The van der Waals surface area contributed by atoms with Gasteiger partial charge >= 0.3 is 0 Å². The molecular formula is C17H23FN2O2. The summed E-state index contributed by atoms with van der Waals surface area (Å²) in [4.78, 5) is 16.6. The molecule has 3 rings (SSSR count). The summed E-state index contributed by atoms with van der Waals surface area (Å²) in [5, 5.41) is 9.41. The van der Waals surface area contributed by atoms with Crippen molar-refractivity contribution in [3.63, 3.8) is 0 Å². The molecule has 120 valence electrons. The summed E-state index contributed by atoms with van der Waals surface area (Å²) < 4.78 is 13.8. The molecule has 1 saturated carbocycles. The van der Waals surface area contributed by atoms with Crippen LogP contribution in [0.1, 0.15) is 24.8 Å². The van der Waals surface area contributed by atoms with Crippen molar-refractivity contribution in [1.29, 1.82) is 0 Å². The summed E-state index contributed by atoms with van der Waals surface area (Å²) in [6, 6.07) is 6.75. The molecule has 5 heteroatoms. The summed E-state index contributed by atoms with van der Waals surface area (Å²) >= 11 is 0. The monoisotopic (exact) mass is 306 g/mol. The van der Waals surface area contributed by atoms with Crippen LogP contribution in [0.25, 0.3) is 0 Å². The van der Waals surface area contributed by atoms with Gasteiger partial charge in [0.05, 0.1) is 6.10 Å². The smallest absolute Gasteiger partial charge is 0.226 e. The fraction of sp³-hybridized carbons (Fsp3) is 0.588. The maximum absolute atomic E-state index is 13.8. The third-order valence-corrected chi connectivity index (χ3v) is 4.62. The number of aliphatic hydroxyl groups is 1. The van der Waals surface area contributed by atoms with Gasteiger partial charge in [0.25, 0.3) is 0 Å². The number of nitrogens with zero attached hydrogens (tertiary/aromatic N) is 2. The van der Waals surface area contributed by atoms with Gasteiger partial charge in [-0.15, -0.1) is 0 Å². The number of amides is 1. The van der Waals surface area contributed by atoms with Crippen LogP contribution < -0.4 is 0 Å². The molecule has 0 aromatic heterocycles. The van der Waals surface area contributed by atoms with Crippen LogP contribution in [0.3, 0.4) is 0 Å². The lowest BCUT2D eigenvalue weighted by molar-refractivity contribution is -0.134. The zero-order valence-corrected chi connectivity index (χ0v) is 12.9. The highest BCUT2D eigenvalue weighted by Gasteiger charge is 2.47. The lowest BCUT2D eigenvalue weighted by Crippen LogP contribution is -2.50. The minimum Gasteiger partial charge on any atom is -0.392 e. The first kappa shape index (κ1) is 15.4. The van der Waals surface area contributed by atoms with E-state index in [-0.39, 0.29) is 29.7 Å².